The highest BCUT2D eigenvalue weighted by atomic mass is 16.2. The first kappa shape index (κ1) is 17.2. The lowest BCUT2D eigenvalue weighted by Gasteiger charge is -2.34. The first-order valence-electron chi connectivity index (χ1n) is 8.42. The van der Waals surface area contributed by atoms with Gasteiger partial charge in [-0.05, 0) is 26.0 Å². The number of amides is 2. The zero-order chi connectivity index (χ0) is 17.8. The van der Waals surface area contributed by atoms with Gasteiger partial charge in [-0.25, -0.2) is 0 Å². The van der Waals surface area contributed by atoms with E-state index in [4.69, 9.17) is 0 Å². The van der Waals surface area contributed by atoms with Gasteiger partial charge in [0.05, 0.1) is 23.6 Å². The highest BCUT2D eigenvalue weighted by Gasteiger charge is 2.23. The Kier molecular flexibility index (Phi) is 5.14. The molecular weight excluding hydrogens is 318 g/mol. The maximum atomic E-state index is 12.4. The van der Waals surface area contributed by atoms with Crippen molar-refractivity contribution >= 4 is 17.5 Å². The van der Waals surface area contributed by atoms with Crippen molar-refractivity contribution in [2.45, 2.75) is 13.8 Å². The number of aryl methyl sites for hydroxylation is 2. The lowest BCUT2D eigenvalue weighted by molar-refractivity contribution is -0.117. The first-order valence-corrected chi connectivity index (χ1v) is 8.42. The predicted octanol–water partition coefficient (Wildman–Crippen LogP) is 1.42. The molecule has 2 amide bonds. The molecule has 1 saturated heterocycles. The predicted molar refractivity (Wildman–Crippen MR) is 95.5 cm³/mol. The molecule has 0 radical (unpaired) electrons. The Morgan fingerprint density at radius 1 is 1.12 bits per heavy atom. The summed E-state index contributed by atoms with van der Waals surface area (Å²) in [6.45, 7) is 6.69. The molecule has 0 saturated carbocycles. The summed E-state index contributed by atoms with van der Waals surface area (Å²) < 4.78 is 0. The van der Waals surface area contributed by atoms with Crippen molar-refractivity contribution in [1.29, 1.82) is 0 Å². The average Bonchev–Trinajstić information content (AvgIpc) is 2.94. The van der Waals surface area contributed by atoms with E-state index in [2.05, 4.69) is 20.4 Å². The van der Waals surface area contributed by atoms with Crippen LogP contribution in [0.5, 0.6) is 0 Å². The zero-order valence-corrected chi connectivity index (χ0v) is 14.6. The number of anilines is 1. The molecule has 2 heterocycles. The molecule has 132 valence electrons. The van der Waals surface area contributed by atoms with Gasteiger partial charge < -0.3 is 10.2 Å². The molecule has 1 aliphatic heterocycles. The number of carbonyl (C=O) groups excluding carboxylic acids is 2. The number of H-pyrrole nitrogens is 1. The molecule has 0 unspecified atom stereocenters. The van der Waals surface area contributed by atoms with Gasteiger partial charge in [-0.2, -0.15) is 5.10 Å². The molecule has 0 aliphatic carbocycles. The molecule has 1 aromatic carbocycles. The summed E-state index contributed by atoms with van der Waals surface area (Å²) in [5.74, 6) is -0.00946. The van der Waals surface area contributed by atoms with E-state index < -0.39 is 0 Å². The van der Waals surface area contributed by atoms with Crippen LogP contribution in [0.4, 0.5) is 5.69 Å². The minimum atomic E-state index is -0.0598. The topological polar surface area (TPSA) is 81.3 Å². The molecule has 0 bridgehead atoms. The third-order valence-corrected chi connectivity index (χ3v) is 4.44. The molecule has 7 nitrogen and oxygen atoms in total. The fraction of sp³-hybridized carbons (Fsp3) is 0.389. The minimum absolute atomic E-state index is 0.0503. The van der Waals surface area contributed by atoms with Crippen LogP contribution in [0.2, 0.25) is 0 Å². The monoisotopic (exact) mass is 341 g/mol. The summed E-state index contributed by atoms with van der Waals surface area (Å²) in [7, 11) is 0. The Balaban J connectivity index is 1.49. The van der Waals surface area contributed by atoms with Crippen LogP contribution in [0, 0.1) is 13.8 Å². The Labute approximate surface area is 147 Å². The van der Waals surface area contributed by atoms with E-state index in [1.165, 1.54) is 0 Å². The van der Waals surface area contributed by atoms with Gasteiger partial charge in [-0.15, -0.1) is 0 Å². The zero-order valence-electron chi connectivity index (χ0n) is 14.6. The van der Waals surface area contributed by atoms with Gasteiger partial charge in [0.2, 0.25) is 5.91 Å². The number of nitrogens with zero attached hydrogens (tertiary/aromatic N) is 3. The van der Waals surface area contributed by atoms with Gasteiger partial charge in [-0.3, -0.25) is 19.6 Å². The Bertz CT molecular complexity index is 729. The van der Waals surface area contributed by atoms with Crippen molar-refractivity contribution in [2.24, 2.45) is 0 Å². The van der Waals surface area contributed by atoms with Gasteiger partial charge in [0.25, 0.3) is 5.91 Å². The molecule has 2 N–H and O–H groups in total. The van der Waals surface area contributed by atoms with Crippen molar-refractivity contribution < 1.29 is 9.59 Å². The van der Waals surface area contributed by atoms with Crippen LogP contribution in [0.15, 0.2) is 30.3 Å². The quantitative estimate of drug-likeness (QED) is 0.881. The smallest absolute Gasteiger partial charge is 0.253 e. The molecule has 0 atom stereocenters. The maximum absolute atomic E-state index is 12.4. The summed E-state index contributed by atoms with van der Waals surface area (Å²) in [6.07, 6.45) is 0. The molecule has 7 heteroatoms. The SMILES string of the molecule is Cc1n[nH]c(C)c1NC(=O)CN1CCN(C(=O)c2ccccc2)CC1. The largest absolute Gasteiger partial charge is 0.336 e. The van der Waals surface area contributed by atoms with E-state index in [-0.39, 0.29) is 11.8 Å². The van der Waals surface area contributed by atoms with Gasteiger partial charge in [0, 0.05) is 31.7 Å². The number of rotatable bonds is 4. The molecule has 3 rings (SSSR count). The van der Waals surface area contributed by atoms with Crippen LogP contribution >= 0.6 is 0 Å². The van der Waals surface area contributed by atoms with Gasteiger partial charge in [0.1, 0.15) is 0 Å². The number of nitrogens with one attached hydrogen (secondary N) is 2. The van der Waals surface area contributed by atoms with Crippen LogP contribution in [0.3, 0.4) is 0 Å². The van der Waals surface area contributed by atoms with E-state index in [1.54, 1.807) is 0 Å². The molecule has 1 fully saturated rings. The summed E-state index contributed by atoms with van der Waals surface area (Å²) in [6, 6.07) is 9.30. The summed E-state index contributed by atoms with van der Waals surface area (Å²) in [5.41, 5.74) is 3.09. The fourth-order valence-electron chi connectivity index (χ4n) is 2.99. The van der Waals surface area contributed by atoms with E-state index in [0.717, 1.165) is 17.1 Å². The third-order valence-electron chi connectivity index (χ3n) is 4.44. The molecule has 2 aromatic rings. The van der Waals surface area contributed by atoms with Crippen molar-refractivity contribution in [3.8, 4) is 0 Å². The Morgan fingerprint density at radius 3 is 2.40 bits per heavy atom. The third kappa shape index (κ3) is 4.06. The van der Waals surface area contributed by atoms with Gasteiger partial charge in [-0.1, -0.05) is 18.2 Å². The van der Waals surface area contributed by atoms with Crippen LogP contribution in [-0.2, 0) is 4.79 Å². The number of benzene rings is 1. The number of aromatic amines is 1. The fourth-order valence-corrected chi connectivity index (χ4v) is 2.99. The standard InChI is InChI=1S/C18H23N5O2/c1-13-17(14(2)21-20-13)19-16(24)12-22-8-10-23(11-9-22)18(25)15-6-4-3-5-7-15/h3-7H,8-12H2,1-2H3,(H,19,24)(H,20,21). The number of aromatic nitrogens is 2. The molecule has 0 spiro atoms. The van der Waals surface area contributed by atoms with Gasteiger partial charge >= 0.3 is 0 Å². The van der Waals surface area contributed by atoms with Crippen LogP contribution in [0.1, 0.15) is 21.7 Å². The van der Waals surface area contributed by atoms with E-state index in [0.29, 0.717) is 38.3 Å². The second-order valence-corrected chi connectivity index (χ2v) is 6.29. The number of carbonyl (C=O) groups is 2. The van der Waals surface area contributed by atoms with Crippen LogP contribution in [0.25, 0.3) is 0 Å². The van der Waals surface area contributed by atoms with Crippen LogP contribution < -0.4 is 5.32 Å². The minimum Gasteiger partial charge on any atom is -0.336 e. The summed E-state index contributed by atoms with van der Waals surface area (Å²) in [4.78, 5) is 28.6. The highest BCUT2D eigenvalue weighted by molar-refractivity contribution is 5.94. The maximum Gasteiger partial charge on any atom is 0.253 e. The van der Waals surface area contributed by atoms with E-state index in [1.807, 2.05) is 49.1 Å². The second kappa shape index (κ2) is 7.48. The number of piperazine rings is 1. The Morgan fingerprint density at radius 2 is 1.80 bits per heavy atom. The van der Waals surface area contributed by atoms with Crippen LogP contribution in [-0.4, -0.2) is 64.5 Å². The average molecular weight is 341 g/mol. The van der Waals surface area contributed by atoms with E-state index in [9.17, 15) is 9.59 Å². The van der Waals surface area contributed by atoms with Crippen molar-refractivity contribution in [2.75, 3.05) is 38.0 Å². The number of hydrogen-bond donors (Lipinski definition) is 2. The molecule has 1 aliphatic rings. The lowest BCUT2D eigenvalue weighted by atomic mass is 10.2. The summed E-state index contributed by atoms with van der Waals surface area (Å²) in [5, 5.41) is 9.84. The normalized spacial score (nSPS) is 15.2. The van der Waals surface area contributed by atoms with Crippen molar-refractivity contribution in [3.05, 3.63) is 47.3 Å². The van der Waals surface area contributed by atoms with Gasteiger partial charge in [0.15, 0.2) is 0 Å². The molecular formula is C18H23N5O2. The number of hydrogen-bond acceptors (Lipinski definition) is 4. The van der Waals surface area contributed by atoms with E-state index >= 15 is 0 Å². The second-order valence-electron chi connectivity index (χ2n) is 6.29. The first-order chi connectivity index (χ1) is 12.0. The molecule has 1 aromatic heterocycles. The molecule has 25 heavy (non-hydrogen) atoms. The van der Waals surface area contributed by atoms with Crippen molar-refractivity contribution in [3.63, 3.8) is 0 Å². The Hall–Kier alpha value is -2.67. The lowest BCUT2D eigenvalue weighted by Crippen LogP contribution is -2.50. The summed E-state index contributed by atoms with van der Waals surface area (Å²) >= 11 is 0. The van der Waals surface area contributed by atoms with Crippen molar-refractivity contribution in [1.82, 2.24) is 20.0 Å². The highest BCUT2D eigenvalue weighted by Crippen LogP contribution is 2.16.